The maximum absolute atomic E-state index is 13.7. The predicted octanol–water partition coefficient (Wildman–Crippen LogP) is 6.36. The van der Waals surface area contributed by atoms with Crippen LogP contribution in [0.4, 0.5) is 18.3 Å². The van der Waals surface area contributed by atoms with Crippen molar-refractivity contribution in [3.63, 3.8) is 0 Å². The largest absolute Gasteiger partial charge is 0.477 e. The molecule has 4 heterocycles. The Morgan fingerprint density at radius 2 is 2.03 bits per heavy atom. The lowest BCUT2D eigenvalue weighted by Crippen LogP contribution is -2.46. The van der Waals surface area contributed by atoms with Crippen molar-refractivity contribution in [1.29, 1.82) is 0 Å². The standard InChI is InChI=1S/C26H26F3N3O4S/c1-13-8-15-9-16(10-20(13)32(15)25-30-11-21(37-25)24(33)34)35-12-18-22(31-36-23(18)14-6-7-14)17-4-2-3-5-19(17)26(27,28)29/h2-5,11,13-16,20H,6-10,12H2,1H3,(H,33,34)/t13-,15?,16?,20?/m1/s1. The van der Waals surface area contributed by atoms with Gasteiger partial charge in [-0.2, -0.15) is 13.2 Å². The van der Waals surface area contributed by atoms with Crippen LogP contribution in [0.3, 0.4) is 0 Å². The molecule has 3 unspecified atom stereocenters. The number of ether oxygens (including phenoxy) is 1. The van der Waals surface area contributed by atoms with E-state index in [4.69, 9.17) is 9.26 Å². The summed E-state index contributed by atoms with van der Waals surface area (Å²) >= 11 is 1.19. The van der Waals surface area contributed by atoms with Gasteiger partial charge in [-0.3, -0.25) is 0 Å². The lowest BCUT2D eigenvalue weighted by molar-refractivity contribution is -0.137. The van der Waals surface area contributed by atoms with E-state index in [-0.39, 0.29) is 46.8 Å². The summed E-state index contributed by atoms with van der Waals surface area (Å²) in [5, 5.41) is 14.1. The number of aromatic nitrogens is 2. The van der Waals surface area contributed by atoms with E-state index in [9.17, 15) is 23.1 Å². The first-order valence-corrected chi connectivity index (χ1v) is 13.3. The molecular formula is C26H26F3N3O4S. The van der Waals surface area contributed by atoms with Crippen molar-refractivity contribution in [1.82, 2.24) is 10.1 Å². The van der Waals surface area contributed by atoms with Crippen molar-refractivity contribution in [2.45, 2.75) is 75.9 Å². The summed E-state index contributed by atoms with van der Waals surface area (Å²) in [6, 6.07) is 5.77. The number of halogens is 3. The second-order valence-corrected chi connectivity index (χ2v) is 11.3. The second-order valence-electron chi connectivity index (χ2n) is 10.2. The molecule has 3 aromatic rings. The van der Waals surface area contributed by atoms with Gasteiger partial charge in [-0.15, -0.1) is 0 Å². The zero-order valence-electron chi connectivity index (χ0n) is 20.1. The number of aromatic carboxylic acids is 1. The highest BCUT2D eigenvalue weighted by Gasteiger charge is 2.47. The van der Waals surface area contributed by atoms with Gasteiger partial charge in [0.1, 0.15) is 16.3 Å². The van der Waals surface area contributed by atoms with Gasteiger partial charge < -0.3 is 19.3 Å². The lowest BCUT2D eigenvalue weighted by atomic mass is 9.97. The number of carboxylic acids is 1. The van der Waals surface area contributed by atoms with E-state index < -0.39 is 17.7 Å². The number of thiazole rings is 1. The molecule has 11 heteroatoms. The van der Waals surface area contributed by atoms with Gasteiger partial charge in [-0.1, -0.05) is 41.6 Å². The third-order valence-corrected chi connectivity index (χ3v) is 8.73. The minimum absolute atomic E-state index is 0.00534. The zero-order valence-corrected chi connectivity index (χ0v) is 20.9. The van der Waals surface area contributed by atoms with Crippen LogP contribution in [-0.4, -0.2) is 39.4 Å². The van der Waals surface area contributed by atoms with Gasteiger partial charge in [0.2, 0.25) is 0 Å². The molecule has 0 spiro atoms. The highest BCUT2D eigenvalue weighted by molar-refractivity contribution is 7.17. The second kappa shape index (κ2) is 9.13. The van der Waals surface area contributed by atoms with E-state index in [0.29, 0.717) is 17.2 Å². The fraction of sp³-hybridized carbons (Fsp3) is 0.500. The Morgan fingerprint density at radius 1 is 1.24 bits per heavy atom. The number of alkyl halides is 3. The normalized spacial score (nSPS) is 25.6. The maximum Gasteiger partial charge on any atom is 0.417 e. The SMILES string of the molecule is C[C@@H]1CC2CC(OCc3c(-c4ccccc4C(F)(F)F)noc3C3CC3)CC1N2c1ncc(C(=O)O)s1. The van der Waals surface area contributed by atoms with Gasteiger partial charge in [-0.25, -0.2) is 9.78 Å². The summed E-state index contributed by atoms with van der Waals surface area (Å²) in [6.07, 6.45) is 1.09. The summed E-state index contributed by atoms with van der Waals surface area (Å²) < 4.78 is 53.2. The molecule has 4 atom stereocenters. The molecule has 1 aromatic carbocycles. The maximum atomic E-state index is 13.7. The van der Waals surface area contributed by atoms with Crippen LogP contribution in [0.1, 0.15) is 71.5 Å². The van der Waals surface area contributed by atoms with Crippen molar-refractivity contribution in [2.75, 3.05) is 4.90 Å². The van der Waals surface area contributed by atoms with E-state index in [1.54, 1.807) is 6.07 Å². The minimum atomic E-state index is -4.51. The number of nitrogens with zero attached hydrogens (tertiary/aromatic N) is 3. The molecule has 2 aromatic heterocycles. The highest BCUT2D eigenvalue weighted by Crippen LogP contribution is 2.47. The first kappa shape index (κ1) is 24.4. The summed E-state index contributed by atoms with van der Waals surface area (Å²) in [5.41, 5.74) is 0.0719. The Labute approximate surface area is 215 Å². The van der Waals surface area contributed by atoms with Crippen LogP contribution < -0.4 is 4.90 Å². The molecule has 7 nitrogen and oxygen atoms in total. The quantitative estimate of drug-likeness (QED) is 0.378. The smallest absolute Gasteiger partial charge is 0.417 e. The van der Waals surface area contributed by atoms with Crippen molar-refractivity contribution in [3.8, 4) is 11.3 Å². The first-order chi connectivity index (χ1) is 17.7. The molecule has 0 amide bonds. The molecule has 1 N–H and O–H groups in total. The molecule has 1 saturated carbocycles. The molecule has 2 aliphatic heterocycles. The molecule has 0 radical (unpaired) electrons. The van der Waals surface area contributed by atoms with E-state index in [0.717, 1.165) is 43.3 Å². The lowest BCUT2D eigenvalue weighted by Gasteiger charge is -2.39. The number of benzene rings is 1. The Hall–Kier alpha value is -2.92. The number of piperidine rings is 1. The summed E-state index contributed by atoms with van der Waals surface area (Å²) in [6.45, 7) is 2.32. The number of hydrogen-bond acceptors (Lipinski definition) is 7. The van der Waals surface area contributed by atoms with Crippen LogP contribution >= 0.6 is 11.3 Å². The topological polar surface area (TPSA) is 88.7 Å². The van der Waals surface area contributed by atoms with Gasteiger partial charge in [0.05, 0.1) is 24.5 Å². The van der Waals surface area contributed by atoms with Gasteiger partial charge in [0, 0.05) is 29.1 Å². The van der Waals surface area contributed by atoms with Crippen LogP contribution in [-0.2, 0) is 17.5 Å². The van der Waals surface area contributed by atoms with Crippen LogP contribution in [0.15, 0.2) is 35.0 Å². The third kappa shape index (κ3) is 4.52. The van der Waals surface area contributed by atoms with Crippen molar-refractivity contribution in [3.05, 3.63) is 52.2 Å². The average molecular weight is 534 g/mol. The number of fused-ring (bicyclic) bond motifs is 2. The highest BCUT2D eigenvalue weighted by atomic mass is 32.1. The fourth-order valence-electron chi connectivity index (χ4n) is 5.86. The number of rotatable bonds is 7. The van der Waals surface area contributed by atoms with E-state index in [2.05, 4.69) is 22.0 Å². The van der Waals surface area contributed by atoms with Crippen molar-refractivity contribution in [2.24, 2.45) is 5.92 Å². The third-order valence-electron chi connectivity index (χ3n) is 7.73. The van der Waals surface area contributed by atoms with Gasteiger partial charge in [0.25, 0.3) is 0 Å². The van der Waals surface area contributed by atoms with Crippen LogP contribution in [0.2, 0.25) is 0 Å². The van der Waals surface area contributed by atoms with Gasteiger partial charge in [-0.05, 0) is 44.1 Å². The molecule has 2 bridgehead atoms. The summed E-state index contributed by atoms with van der Waals surface area (Å²) in [4.78, 5) is 18.2. The molecular weight excluding hydrogens is 507 g/mol. The number of anilines is 1. The Kier molecular flexibility index (Phi) is 6.02. The molecule has 196 valence electrons. The van der Waals surface area contributed by atoms with E-state index >= 15 is 0 Å². The molecule has 6 rings (SSSR count). The van der Waals surface area contributed by atoms with Crippen molar-refractivity contribution < 1.29 is 32.3 Å². The zero-order chi connectivity index (χ0) is 25.9. The van der Waals surface area contributed by atoms with E-state index in [1.165, 1.54) is 29.7 Å². The van der Waals surface area contributed by atoms with Gasteiger partial charge >= 0.3 is 12.1 Å². The van der Waals surface area contributed by atoms with Crippen LogP contribution in [0.5, 0.6) is 0 Å². The predicted molar refractivity (Wildman–Crippen MR) is 130 cm³/mol. The molecule has 37 heavy (non-hydrogen) atoms. The molecule has 3 fully saturated rings. The number of carboxylic acid groups (broad SMARTS) is 1. The van der Waals surface area contributed by atoms with Crippen LogP contribution in [0, 0.1) is 5.92 Å². The first-order valence-electron chi connectivity index (χ1n) is 12.4. The van der Waals surface area contributed by atoms with E-state index in [1.807, 2.05) is 0 Å². The number of hydrogen-bond donors (Lipinski definition) is 1. The number of carbonyl (C=O) groups is 1. The fourth-order valence-corrected chi connectivity index (χ4v) is 6.75. The monoisotopic (exact) mass is 533 g/mol. The summed E-state index contributed by atoms with van der Waals surface area (Å²) in [7, 11) is 0. The molecule has 2 saturated heterocycles. The minimum Gasteiger partial charge on any atom is -0.477 e. The Bertz CT molecular complexity index is 1320. The Balaban J connectivity index is 1.23. The summed E-state index contributed by atoms with van der Waals surface area (Å²) in [5.74, 6) is 0.210. The Morgan fingerprint density at radius 3 is 2.70 bits per heavy atom. The molecule has 1 aliphatic carbocycles. The van der Waals surface area contributed by atoms with Crippen molar-refractivity contribution >= 4 is 22.4 Å². The van der Waals surface area contributed by atoms with Crippen LogP contribution in [0.25, 0.3) is 11.3 Å². The van der Waals surface area contributed by atoms with Gasteiger partial charge in [0.15, 0.2) is 5.13 Å². The molecule has 3 aliphatic rings. The average Bonchev–Trinajstić information content (AvgIpc) is 3.35.